The number of unbranched alkanes of at least 4 members (excludes halogenated alkanes) is 14. The highest BCUT2D eigenvalue weighted by Gasteiger charge is 2.14. The minimum atomic E-state index is -3.77. The van der Waals surface area contributed by atoms with Gasteiger partial charge in [-0.1, -0.05) is 133 Å². The number of nitrogens with one attached hydrogen (secondary N) is 2. The van der Waals surface area contributed by atoms with Crippen LogP contribution in [-0.2, 0) is 14.8 Å². The van der Waals surface area contributed by atoms with E-state index in [1.165, 1.54) is 83.5 Å². The molecule has 2 N–H and O–H groups in total. The van der Waals surface area contributed by atoms with Gasteiger partial charge in [-0.3, -0.25) is 4.79 Å². The van der Waals surface area contributed by atoms with Crippen LogP contribution in [0.4, 0.5) is 5.69 Å². The molecule has 40 heavy (non-hydrogen) atoms. The van der Waals surface area contributed by atoms with Gasteiger partial charge in [0.1, 0.15) is 0 Å². The summed E-state index contributed by atoms with van der Waals surface area (Å²) in [6, 6.07) is 13.9. The fourth-order valence-corrected chi connectivity index (χ4v) is 5.59. The van der Waals surface area contributed by atoms with E-state index in [2.05, 4.69) is 22.2 Å². The summed E-state index contributed by atoms with van der Waals surface area (Å²) in [5.41, 5.74) is 2.76. The monoisotopic (exact) mass is 569 g/mol. The van der Waals surface area contributed by atoms with Crippen LogP contribution >= 0.6 is 0 Å². The normalized spacial score (nSPS) is 11.9. The van der Waals surface area contributed by atoms with Crippen LogP contribution in [0.15, 0.2) is 58.5 Å². The quantitative estimate of drug-likeness (QED) is 0.0894. The van der Waals surface area contributed by atoms with E-state index >= 15 is 0 Å². The van der Waals surface area contributed by atoms with E-state index < -0.39 is 10.0 Å². The molecule has 0 aromatic heterocycles. The van der Waals surface area contributed by atoms with Gasteiger partial charge in [0.05, 0.1) is 10.6 Å². The van der Waals surface area contributed by atoms with Gasteiger partial charge in [-0.05, 0) is 38.5 Å². The van der Waals surface area contributed by atoms with Crippen molar-refractivity contribution < 1.29 is 13.2 Å². The number of amides is 1. The Morgan fingerprint density at radius 1 is 0.725 bits per heavy atom. The smallest absolute Gasteiger partial charge is 0.276 e. The van der Waals surface area contributed by atoms with E-state index in [4.69, 9.17) is 0 Å². The number of aryl methyl sites for hydroxylation is 1. The number of sulfonamides is 1. The number of hydrazone groups is 1. The molecule has 2 aromatic rings. The maximum Gasteiger partial charge on any atom is 0.276 e. The standard InChI is InChI=1S/C33H51N3O3S/c1-4-5-6-7-8-9-10-11-12-13-14-15-16-17-18-23-33(37)34-32-22-20-19-21-31(32)29(3)35-36-40(38,39)30-26-24-28(2)25-27-30/h19-22,24-27,36H,4-18,23H2,1-3H3,(H,34,37). The summed E-state index contributed by atoms with van der Waals surface area (Å²) in [5, 5.41) is 7.08. The van der Waals surface area contributed by atoms with Gasteiger partial charge in [-0.25, -0.2) is 0 Å². The second-order valence-electron chi connectivity index (χ2n) is 10.9. The number of anilines is 1. The van der Waals surface area contributed by atoms with Crippen LogP contribution in [0.5, 0.6) is 0 Å². The molecule has 1 amide bonds. The predicted octanol–water partition coefficient (Wildman–Crippen LogP) is 8.90. The molecule has 0 unspecified atom stereocenters. The van der Waals surface area contributed by atoms with Crippen molar-refractivity contribution in [2.75, 3.05) is 5.32 Å². The van der Waals surface area contributed by atoms with E-state index in [1.807, 2.05) is 31.2 Å². The van der Waals surface area contributed by atoms with Gasteiger partial charge in [-0.2, -0.15) is 18.4 Å². The van der Waals surface area contributed by atoms with Gasteiger partial charge in [0.2, 0.25) is 5.91 Å². The van der Waals surface area contributed by atoms with Crippen molar-refractivity contribution in [3.05, 3.63) is 59.7 Å². The minimum Gasteiger partial charge on any atom is -0.325 e. The Hall–Kier alpha value is -2.67. The van der Waals surface area contributed by atoms with Crippen molar-refractivity contribution in [3.63, 3.8) is 0 Å². The zero-order valence-corrected chi connectivity index (χ0v) is 25.8. The first-order chi connectivity index (χ1) is 19.3. The molecule has 0 aliphatic rings. The third kappa shape index (κ3) is 13.6. The molecule has 7 heteroatoms. The zero-order chi connectivity index (χ0) is 29.1. The molecule has 0 spiro atoms. The molecule has 0 saturated heterocycles. The van der Waals surface area contributed by atoms with Crippen LogP contribution in [0.2, 0.25) is 0 Å². The Kier molecular flexibility index (Phi) is 16.3. The maximum atomic E-state index is 12.6. The summed E-state index contributed by atoms with van der Waals surface area (Å²) < 4.78 is 25.1. The van der Waals surface area contributed by atoms with Crippen LogP contribution < -0.4 is 10.1 Å². The lowest BCUT2D eigenvalue weighted by atomic mass is 10.0. The Morgan fingerprint density at radius 2 is 1.23 bits per heavy atom. The number of hydrogen-bond donors (Lipinski definition) is 2. The molecule has 6 nitrogen and oxygen atoms in total. The molecule has 0 aliphatic heterocycles. The number of hydrogen-bond acceptors (Lipinski definition) is 4. The van der Waals surface area contributed by atoms with Gasteiger partial charge >= 0.3 is 0 Å². The average molecular weight is 570 g/mol. The Bertz CT molecular complexity index is 1130. The highest BCUT2D eigenvalue weighted by Crippen LogP contribution is 2.18. The van der Waals surface area contributed by atoms with Crippen LogP contribution in [0.3, 0.4) is 0 Å². The van der Waals surface area contributed by atoms with Gasteiger partial charge in [0.15, 0.2) is 0 Å². The maximum absolute atomic E-state index is 12.6. The molecule has 0 heterocycles. The average Bonchev–Trinajstić information content (AvgIpc) is 2.94. The molecule has 2 aromatic carbocycles. The first-order valence-electron chi connectivity index (χ1n) is 15.4. The molecule has 0 aliphatic carbocycles. The Balaban J connectivity index is 1.64. The molecule has 0 radical (unpaired) electrons. The molecule has 2 rings (SSSR count). The second-order valence-corrected chi connectivity index (χ2v) is 12.6. The molecular formula is C33H51N3O3S. The van der Waals surface area contributed by atoms with Crippen molar-refractivity contribution >= 4 is 27.3 Å². The molecule has 0 bridgehead atoms. The largest absolute Gasteiger partial charge is 0.325 e. The van der Waals surface area contributed by atoms with E-state index in [0.29, 0.717) is 23.4 Å². The summed E-state index contributed by atoms with van der Waals surface area (Å²) in [6.07, 6.45) is 19.9. The van der Waals surface area contributed by atoms with Crippen molar-refractivity contribution in [2.45, 2.75) is 128 Å². The van der Waals surface area contributed by atoms with Crippen molar-refractivity contribution in [2.24, 2.45) is 5.10 Å². The Morgan fingerprint density at radius 3 is 1.77 bits per heavy atom. The molecule has 0 atom stereocenters. The van der Waals surface area contributed by atoms with E-state index in [9.17, 15) is 13.2 Å². The van der Waals surface area contributed by atoms with Crippen molar-refractivity contribution in [1.82, 2.24) is 4.83 Å². The fraction of sp³-hybridized carbons (Fsp3) is 0.576. The Labute approximate surface area is 243 Å². The third-order valence-electron chi connectivity index (χ3n) is 7.26. The number of rotatable bonds is 21. The summed E-state index contributed by atoms with van der Waals surface area (Å²) in [4.78, 5) is 15.0. The van der Waals surface area contributed by atoms with Gasteiger partial charge < -0.3 is 5.32 Å². The highest BCUT2D eigenvalue weighted by molar-refractivity contribution is 7.89. The zero-order valence-electron chi connectivity index (χ0n) is 25.0. The lowest BCUT2D eigenvalue weighted by Crippen LogP contribution is -2.20. The van der Waals surface area contributed by atoms with Crippen LogP contribution in [0.25, 0.3) is 0 Å². The number of carbonyl (C=O) groups excluding carboxylic acids is 1. The third-order valence-corrected chi connectivity index (χ3v) is 8.49. The van der Waals surface area contributed by atoms with Gasteiger partial charge in [-0.15, -0.1) is 0 Å². The fourth-order valence-electron chi connectivity index (χ4n) is 4.74. The van der Waals surface area contributed by atoms with Gasteiger partial charge in [0, 0.05) is 17.7 Å². The lowest BCUT2D eigenvalue weighted by molar-refractivity contribution is -0.116. The summed E-state index contributed by atoms with van der Waals surface area (Å²) in [6.45, 7) is 5.89. The van der Waals surface area contributed by atoms with Crippen LogP contribution in [0, 0.1) is 6.92 Å². The predicted molar refractivity (Wildman–Crippen MR) is 168 cm³/mol. The second kappa shape index (κ2) is 19.4. The SMILES string of the molecule is CCCCCCCCCCCCCCCCCC(=O)Nc1ccccc1C(C)=NNS(=O)(=O)c1ccc(C)cc1. The van der Waals surface area contributed by atoms with Crippen LogP contribution in [0.1, 0.15) is 128 Å². The first-order valence-corrected chi connectivity index (χ1v) is 16.8. The summed E-state index contributed by atoms with van der Waals surface area (Å²) >= 11 is 0. The lowest BCUT2D eigenvalue weighted by Gasteiger charge is -2.11. The van der Waals surface area contributed by atoms with E-state index in [-0.39, 0.29) is 10.8 Å². The molecular weight excluding hydrogens is 518 g/mol. The number of carbonyl (C=O) groups is 1. The van der Waals surface area contributed by atoms with Crippen molar-refractivity contribution in [1.29, 1.82) is 0 Å². The van der Waals surface area contributed by atoms with Crippen molar-refractivity contribution in [3.8, 4) is 0 Å². The minimum absolute atomic E-state index is 0.0322. The summed E-state index contributed by atoms with van der Waals surface area (Å²) in [7, 11) is -3.77. The molecule has 0 saturated carbocycles. The number of para-hydroxylation sites is 1. The van der Waals surface area contributed by atoms with E-state index in [0.717, 1.165) is 18.4 Å². The highest BCUT2D eigenvalue weighted by atomic mass is 32.2. The van der Waals surface area contributed by atoms with E-state index in [1.54, 1.807) is 31.2 Å². The number of nitrogens with zero attached hydrogens (tertiary/aromatic N) is 1. The van der Waals surface area contributed by atoms with Crippen LogP contribution in [-0.4, -0.2) is 20.0 Å². The topological polar surface area (TPSA) is 87.6 Å². The van der Waals surface area contributed by atoms with Gasteiger partial charge in [0.25, 0.3) is 10.0 Å². The number of benzene rings is 2. The molecule has 0 fully saturated rings. The molecule has 222 valence electrons. The first kappa shape index (κ1) is 33.5. The summed E-state index contributed by atoms with van der Waals surface area (Å²) in [5.74, 6) is -0.0322.